The van der Waals surface area contributed by atoms with E-state index in [0.29, 0.717) is 6.61 Å². The van der Waals surface area contributed by atoms with Crippen molar-refractivity contribution >= 4 is 16.2 Å². The molecule has 7 nitrogen and oxygen atoms in total. The summed E-state index contributed by atoms with van der Waals surface area (Å²) >= 11 is 0. The van der Waals surface area contributed by atoms with Crippen molar-refractivity contribution in [3.63, 3.8) is 0 Å². The zero-order chi connectivity index (χ0) is 14.3. The van der Waals surface area contributed by atoms with Crippen LogP contribution in [0.5, 0.6) is 0 Å². The standard InChI is InChI=1S/C11H22N2O5S/c1-13(8-6-11(14)15)19(16,17)12-7-9-18-10-4-2-3-5-10/h10,12H,2-9H2,1H3,(H,14,15). The molecular weight excluding hydrogens is 272 g/mol. The van der Waals surface area contributed by atoms with Crippen molar-refractivity contribution in [3.05, 3.63) is 0 Å². The van der Waals surface area contributed by atoms with E-state index in [-0.39, 0.29) is 25.6 Å². The van der Waals surface area contributed by atoms with Gasteiger partial charge in [-0.3, -0.25) is 4.79 Å². The molecule has 0 aromatic heterocycles. The fraction of sp³-hybridized carbons (Fsp3) is 0.909. The molecule has 1 rings (SSSR count). The predicted octanol–water partition coefficient (Wildman–Crippen LogP) is 0.187. The first-order valence-electron chi connectivity index (χ1n) is 6.46. The minimum absolute atomic E-state index is 0.0475. The van der Waals surface area contributed by atoms with Gasteiger partial charge in [0.05, 0.1) is 19.1 Å². The largest absolute Gasteiger partial charge is 0.481 e. The van der Waals surface area contributed by atoms with E-state index in [2.05, 4.69) is 4.72 Å². The Hall–Kier alpha value is -0.700. The summed E-state index contributed by atoms with van der Waals surface area (Å²) in [5.41, 5.74) is 0. The summed E-state index contributed by atoms with van der Waals surface area (Å²) in [5, 5.41) is 8.50. The van der Waals surface area contributed by atoms with E-state index in [9.17, 15) is 13.2 Å². The second kappa shape index (κ2) is 7.78. The lowest BCUT2D eigenvalue weighted by atomic mass is 10.3. The van der Waals surface area contributed by atoms with E-state index in [1.165, 1.54) is 19.9 Å². The molecule has 0 atom stereocenters. The summed E-state index contributed by atoms with van der Waals surface area (Å²) in [5.74, 6) is -1.02. The highest BCUT2D eigenvalue weighted by Crippen LogP contribution is 2.20. The Kier molecular flexibility index (Phi) is 6.70. The molecule has 8 heteroatoms. The molecule has 0 radical (unpaired) electrons. The number of hydrogen-bond acceptors (Lipinski definition) is 4. The second-order valence-corrected chi connectivity index (χ2v) is 6.50. The summed E-state index contributed by atoms with van der Waals surface area (Å²) in [6, 6.07) is 0. The molecule has 0 aromatic rings. The molecular formula is C11H22N2O5S. The Morgan fingerprint density at radius 1 is 1.42 bits per heavy atom. The highest BCUT2D eigenvalue weighted by Gasteiger charge is 2.18. The van der Waals surface area contributed by atoms with E-state index in [4.69, 9.17) is 9.84 Å². The quantitative estimate of drug-likeness (QED) is 0.592. The van der Waals surface area contributed by atoms with Gasteiger partial charge >= 0.3 is 5.97 Å². The molecule has 1 aliphatic carbocycles. The van der Waals surface area contributed by atoms with Crippen molar-refractivity contribution in [2.75, 3.05) is 26.7 Å². The minimum Gasteiger partial charge on any atom is -0.481 e. The molecule has 1 saturated carbocycles. The maximum Gasteiger partial charge on any atom is 0.304 e. The van der Waals surface area contributed by atoms with Gasteiger partial charge in [0.15, 0.2) is 0 Å². The topological polar surface area (TPSA) is 95.9 Å². The molecule has 0 aliphatic heterocycles. The first-order valence-corrected chi connectivity index (χ1v) is 7.90. The smallest absolute Gasteiger partial charge is 0.304 e. The molecule has 2 N–H and O–H groups in total. The number of carboxylic acid groups (broad SMARTS) is 1. The van der Waals surface area contributed by atoms with Gasteiger partial charge in [-0.1, -0.05) is 12.8 Å². The van der Waals surface area contributed by atoms with Gasteiger partial charge in [0.1, 0.15) is 0 Å². The Morgan fingerprint density at radius 2 is 2.05 bits per heavy atom. The van der Waals surface area contributed by atoms with E-state index in [1.54, 1.807) is 0 Å². The van der Waals surface area contributed by atoms with Gasteiger partial charge < -0.3 is 9.84 Å². The van der Waals surface area contributed by atoms with Crippen LogP contribution < -0.4 is 4.72 Å². The molecule has 0 unspecified atom stereocenters. The molecule has 0 heterocycles. The SMILES string of the molecule is CN(CCC(=O)O)S(=O)(=O)NCCOC1CCCC1. The van der Waals surface area contributed by atoms with Crippen molar-refractivity contribution < 1.29 is 23.1 Å². The van der Waals surface area contributed by atoms with Gasteiger partial charge in [-0.15, -0.1) is 0 Å². The van der Waals surface area contributed by atoms with Crippen molar-refractivity contribution in [1.82, 2.24) is 9.03 Å². The highest BCUT2D eigenvalue weighted by atomic mass is 32.2. The summed E-state index contributed by atoms with van der Waals surface area (Å²) in [7, 11) is -2.26. The van der Waals surface area contributed by atoms with Gasteiger partial charge in [0, 0.05) is 20.1 Å². The van der Waals surface area contributed by atoms with Crippen LogP contribution in [0.25, 0.3) is 0 Å². The third-order valence-corrected chi connectivity index (χ3v) is 4.67. The molecule has 19 heavy (non-hydrogen) atoms. The maximum atomic E-state index is 11.7. The lowest BCUT2D eigenvalue weighted by molar-refractivity contribution is -0.137. The molecule has 0 bridgehead atoms. The Bertz CT molecular complexity index is 379. The van der Waals surface area contributed by atoms with Crippen LogP contribution in [-0.2, 0) is 19.7 Å². The monoisotopic (exact) mass is 294 g/mol. The lowest BCUT2D eigenvalue weighted by Crippen LogP contribution is -2.40. The minimum atomic E-state index is -3.61. The fourth-order valence-corrected chi connectivity index (χ4v) is 2.83. The maximum absolute atomic E-state index is 11.7. The average molecular weight is 294 g/mol. The van der Waals surface area contributed by atoms with Crippen LogP contribution >= 0.6 is 0 Å². The van der Waals surface area contributed by atoms with Crippen molar-refractivity contribution in [2.24, 2.45) is 0 Å². The summed E-state index contributed by atoms with van der Waals surface area (Å²) in [6.45, 7) is 0.501. The van der Waals surface area contributed by atoms with Crippen molar-refractivity contribution in [3.8, 4) is 0 Å². The van der Waals surface area contributed by atoms with E-state index in [1.807, 2.05) is 0 Å². The number of nitrogens with zero attached hydrogens (tertiary/aromatic N) is 1. The van der Waals surface area contributed by atoms with Gasteiger partial charge in [0.2, 0.25) is 0 Å². The van der Waals surface area contributed by atoms with Gasteiger partial charge in [-0.2, -0.15) is 17.4 Å². The molecule has 0 aromatic carbocycles. The molecule has 0 spiro atoms. The zero-order valence-corrected chi connectivity index (χ0v) is 12.0. The number of ether oxygens (including phenoxy) is 1. The Labute approximate surface area is 114 Å². The Morgan fingerprint density at radius 3 is 2.63 bits per heavy atom. The molecule has 112 valence electrons. The number of carbonyl (C=O) groups is 1. The Balaban J connectivity index is 2.19. The number of aliphatic carboxylic acids is 1. The van der Waals surface area contributed by atoms with Crippen molar-refractivity contribution in [2.45, 2.75) is 38.2 Å². The first-order chi connectivity index (χ1) is 8.92. The average Bonchev–Trinajstić information content (AvgIpc) is 2.84. The van der Waals surface area contributed by atoms with E-state index in [0.717, 1.165) is 17.1 Å². The predicted molar refractivity (Wildman–Crippen MR) is 70.0 cm³/mol. The number of carboxylic acids is 1. The van der Waals surface area contributed by atoms with Crippen LogP contribution in [0.3, 0.4) is 0 Å². The summed E-state index contributed by atoms with van der Waals surface area (Å²) < 4.78 is 32.3. The third-order valence-electron chi connectivity index (χ3n) is 3.09. The van der Waals surface area contributed by atoms with Crippen LogP contribution in [0.1, 0.15) is 32.1 Å². The molecule has 0 saturated heterocycles. The van der Waals surface area contributed by atoms with Crippen LogP contribution in [0.2, 0.25) is 0 Å². The lowest BCUT2D eigenvalue weighted by Gasteiger charge is -2.17. The van der Waals surface area contributed by atoms with Crippen molar-refractivity contribution in [1.29, 1.82) is 0 Å². The number of nitrogens with one attached hydrogen (secondary N) is 1. The van der Waals surface area contributed by atoms with E-state index < -0.39 is 16.2 Å². The fourth-order valence-electron chi connectivity index (χ4n) is 1.93. The van der Waals surface area contributed by atoms with E-state index >= 15 is 0 Å². The zero-order valence-electron chi connectivity index (χ0n) is 11.2. The first kappa shape index (κ1) is 16.4. The molecule has 1 aliphatic rings. The summed E-state index contributed by atoms with van der Waals surface area (Å²) in [6.07, 6.45) is 4.49. The van der Waals surface area contributed by atoms with Crippen LogP contribution in [0.4, 0.5) is 0 Å². The highest BCUT2D eigenvalue weighted by molar-refractivity contribution is 7.87. The molecule has 0 amide bonds. The second-order valence-electron chi connectivity index (χ2n) is 4.64. The van der Waals surface area contributed by atoms with Crippen LogP contribution in [-0.4, -0.2) is 56.6 Å². The van der Waals surface area contributed by atoms with Crippen LogP contribution in [0.15, 0.2) is 0 Å². The normalized spacial score (nSPS) is 17.2. The van der Waals surface area contributed by atoms with Gasteiger partial charge in [-0.25, -0.2) is 0 Å². The van der Waals surface area contributed by atoms with Gasteiger partial charge in [0.25, 0.3) is 10.2 Å². The summed E-state index contributed by atoms with van der Waals surface area (Å²) in [4.78, 5) is 10.4. The van der Waals surface area contributed by atoms with Crippen LogP contribution in [0, 0.1) is 0 Å². The molecule has 1 fully saturated rings. The van der Waals surface area contributed by atoms with Gasteiger partial charge in [-0.05, 0) is 12.8 Å². The third kappa shape index (κ3) is 6.33. The number of hydrogen-bond donors (Lipinski definition) is 2. The number of rotatable bonds is 9.